The highest BCUT2D eigenvalue weighted by Crippen LogP contribution is 2.16. The molecule has 1 aromatic carbocycles. The van der Waals surface area contributed by atoms with Crippen LogP contribution >= 0.6 is 0 Å². The van der Waals surface area contributed by atoms with Crippen molar-refractivity contribution in [2.24, 2.45) is 0 Å². The zero-order chi connectivity index (χ0) is 16.8. The number of ether oxygens (including phenoxy) is 1. The van der Waals surface area contributed by atoms with E-state index in [0.717, 1.165) is 17.5 Å². The van der Waals surface area contributed by atoms with Crippen molar-refractivity contribution < 1.29 is 14.3 Å². The molecule has 2 aromatic rings. The number of nitrogens with zero attached hydrogens (tertiary/aromatic N) is 2. The number of cyclic esters (lactones) is 1. The van der Waals surface area contributed by atoms with Crippen molar-refractivity contribution in [2.75, 3.05) is 13.2 Å². The second-order valence-electron chi connectivity index (χ2n) is 5.60. The van der Waals surface area contributed by atoms with Crippen LogP contribution in [0.5, 0.6) is 0 Å². The largest absolute Gasteiger partial charge is 0.447 e. The molecule has 1 N–H and O–H groups in total. The topological polar surface area (TPSA) is 71.5 Å². The van der Waals surface area contributed by atoms with Gasteiger partial charge in [-0.15, -0.1) is 0 Å². The van der Waals surface area contributed by atoms with E-state index in [0.29, 0.717) is 13.1 Å². The number of amides is 2. The van der Waals surface area contributed by atoms with Crippen LogP contribution in [0.15, 0.2) is 54.9 Å². The lowest BCUT2D eigenvalue weighted by Crippen LogP contribution is -2.45. The first-order valence-electron chi connectivity index (χ1n) is 7.88. The third-order valence-corrected chi connectivity index (χ3v) is 3.94. The first-order valence-corrected chi connectivity index (χ1v) is 7.88. The molecule has 6 heteroatoms. The first-order chi connectivity index (χ1) is 11.7. The zero-order valence-electron chi connectivity index (χ0n) is 13.2. The molecule has 1 atom stereocenters. The second-order valence-corrected chi connectivity index (χ2v) is 5.60. The maximum absolute atomic E-state index is 12.4. The van der Waals surface area contributed by atoms with E-state index in [4.69, 9.17) is 4.74 Å². The van der Waals surface area contributed by atoms with Crippen LogP contribution in [0.25, 0.3) is 0 Å². The van der Waals surface area contributed by atoms with Gasteiger partial charge in [-0.05, 0) is 29.7 Å². The summed E-state index contributed by atoms with van der Waals surface area (Å²) >= 11 is 0. The fourth-order valence-electron chi connectivity index (χ4n) is 2.62. The Morgan fingerprint density at radius 1 is 1.17 bits per heavy atom. The highest BCUT2D eigenvalue weighted by atomic mass is 16.6. The molecule has 1 aliphatic heterocycles. The number of hydrogen-bond acceptors (Lipinski definition) is 4. The molecule has 2 amide bonds. The number of carbonyl (C=O) groups excluding carboxylic acids is 2. The van der Waals surface area contributed by atoms with Crippen LogP contribution in [0, 0.1) is 0 Å². The quantitative estimate of drug-likeness (QED) is 0.878. The highest BCUT2D eigenvalue weighted by Gasteiger charge is 2.37. The van der Waals surface area contributed by atoms with Gasteiger partial charge in [-0.2, -0.15) is 0 Å². The van der Waals surface area contributed by atoms with E-state index in [-0.39, 0.29) is 12.5 Å². The maximum Gasteiger partial charge on any atom is 0.410 e. The fraction of sp³-hybridized carbons (Fsp3) is 0.278. The van der Waals surface area contributed by atoms with E-state index in [1.165, 1.54) is 4.90 Å². The lowest BCUT2D eigenvalue weighted by atomic mass is 10.1. The van der Waals surface area contributed by atoms with E-state index in [2.05, 4.69) is 10.3 Å². The highest BCUT2D eigenvalue weighted by molar-refractivity contribution is 5.87. The molecule has 0 radical (unpaired) electrons. The summed E-state index contributed by atoms with van der Waals surface area (Å²) in [7, 11) is 0. The molecule has 2 heterocycles. The van der Waals surface area contributed by atoms with Crippen molar-refractivity contribution in [2.45, 2.75) is 19.0 Å². The number of nitrogens with one attached hydrogen (secondary N) is 1. The van der Waals surface area contributed by atoms with Crippen LogP contribution < -0.4 is 5.32 Å². The fourth-order valence-corrected chi connectivity index (χ4v) is 2.62. The van der Waals surface area contributed by atoms with Gasteiger partial charge in [-0.25, -0.2) is 4.79 Å². The Bertz CT molecular complexity index is 691. The molecule has 1 saturated heterocycles. The van der Waals surface area contributed by atoms with Crippen molar-refractivity contribution in [3.05, 3.63) is 66.0 Å². The second kappa shape index (κ2) is 7.59. The predicted octanol–water partition coefficient (Wildman–Crippen LogP) is 1.76. The Hall–Kier alpha value is -2.89. The zero-order valence-corrected chi connectivity index (χ0v) is 13.2. The lowest BCUT2D eigenvalue weighted by molar-refractivity contribution is -0.124. The van der Waals surface area contributed by atoms with Gasteiger partial charge >= 0.3 is 6.09 Å². The van der Waals surface area contributed by atoms with Gasteiger partial charge in [0.2, 0.25) is 5.91 Å². The molecule has 0 spiro atoms. The summed E-state index contributed by atoms with van der Waals surface area (Å²) < 4.78 is 5.05. The molecular formula is C18H19N3O3. The Morgan fingerprint density at radius 2 is 1.92 bits per heavy atom. The molecule has 1 fully saturated rings. The minimum absolute atomic E-state index is 0.0844. The van der Waals surface area contributed by atoms with Gasteiger partial charge in [0.25, 0.3) is 0 Å². The number of rotatable bonds is 6. The molecule has 0 unspecified atom stereocenters. The summed E-state index contributed by atoms with van der Waals surface area (Å²) in [6.45, 7) is 0.940. The summed E-state index contributed by atoms with van der Waals surface area (Å²) in [6, 6.07) is 13.0. The average molecular weight is 325 g/mol. The molecule has 24 heavy (non-hydrogen) atoms. The van der Waals surface area contributed by atoms with E-state index in [1.807, 2.05) is 42.5 Å². The van der Waals surface area contributed by atoms with Crippen LogP contribution in [-0.2, 0) is 22.5 Å². The van der Waals surface area contributed by atoms with Crippen LogP contribution in [0.3, 0.4) is 0 Å². The molecule has 124 valence electrons. The third-order valence-electron chi connectivity index (χ3n) is 3.94. The molecule has 3 rings (SSSR count). The van der Waals surface area contributed by atoms with E-state index in [1.54, 1.807) is 12.4 Å². The Kier molecular flexibility index (Phi) is 5.05. The number of hydrogen-bond donors (Lipinski definition) is 1. The summed E-state index contributed by atoms with van der Waals surface area (Å²) in [5, 5.41) is 2.88. The van der Waals surface area contributed by atoms with Crippen molar-refractivity contribution in [3.8, 4) is 0 Å². The minimum Gasteiger partial charge on any atom is -0.447 e. The van der Waals surface area contributed by atoms with Crippen LogP contribution in [0.4, 0.5) is 4.79 Å². The standard InChI is InChI=1S/C18H19N3O3/c22-17(20-11-8-14-4-2-1-3-5-14)16-13-24-18(23)21(16)12-15-6-9-19-10-7-15/h1-7,9-10,16H,8,11-13H2,(H,20,22)/t16-/m0/s1. The summed E-state index contributed by atoms with van der Waals surface area (Å²) in [6.07, 6.45) is 3.60. The predicted molar refractivity (Wildman–Crippen MR) is 88.1 cm³/mol. The molecule has 0 saturated carbocycles. The van der Waals surface area contributed by atoms with Crippen LogP contribution in [-0.4, -0.2) is 41.1 Å². The third kappa shape index (κ3) is 3.90. The number of carbonyl (C=O) groups is 2. The number of aromatic nitrogens is 1. The molecule has 1 aliphatic rings. The SMILES string of the molecule is O=C(NCCc1ccccc1)[C@@H]1COC(=O)N1Cc1ccncc1. The van der Waals surface area contributed by atoms with Gasteiger partial charge in [0, 0.05) is 18.9 Å². The first kappa shape index (κ1) is 16.0. The van der Waals surface area contributed by atoms with Gasteiger partial charge in [-0.1, -0.05) is 30.3 Å². The molecule has 0 bridgehead atoms. The smallest absolute Gasteiger partial charge is 0.410 e. The van der Waals surface area contributed by atoms with Crippen LogP contribution in [0.2, 0.25) is 0 Å². The average Bonchev–Trinajstić information content (AvgIpc) is 2.97. The Balaban J connectivity index is 1.55. The summed E-state index contributed by atoms with van der Waals surface area (Å²) in [5.41, 5.74) is 2.07. The lowest BCUT2D eigenvalue weighted by Gasteiger charge is -2.20. The van der Waals surface area contributed by atoms with Crippen LogP contribution in [0.1, 0.15) is 11.1 Å². The van der Waals surface area contributed by atoms with Gasteiger partial charge in [0.1, 0.15) is 12.6 Å². The van der Waals surface area contributed by atoms with Gasteiger partial charge < -0.3 is 10.1 Å². The summed E-state index contributed by atoms with van der Waals surface area (Å²) in [4.78, 5) is 29.7. The number of benzene rings is 1. The van der Waals surface area contributed by atoms with Gasteiger partial charge in [0.15, 0.2) is 0 Å². The molecular weight excluding hydrogens is 306 g/mol. The van der Waals surface area contributed by atoms with E-state index < -0.39 is 12.1 Å². The molecule has 0 aliphatic carbocycles. The molecule has 1 aromatic heterocycles. The van der Waals surface area contributed by atoms with E-state index >= 15 is 0 Å². The monoisotopic (exact) mass is 325 g/mol. The summed E-state index contributed by atoms with van der Waals surface area (Å²) in [5.74, 6) is -0.189. The van der Waals surface area contributed by atoms with Crippen molar-refractivity contribution in [3.63, 3.8) is 0 Å². The Morgan fingerprint density at radius 3 is 2.67 bits per heavy atom. The number of pyridine rings is 1. The maximum atomic E-state index is 12.4. The Labute approximate surface area is 140 Å². The van der Waals surface area contributed by atoms with E-state index in [9.17, 15) is 9.59 Å². The van der Waals surface area contributed by atoms with Crippen molar-refractivity contribution >= 4 is 12.0 Å². The minimum atomic E-state index is -0.596. The van der Waals surface area contributed by atoms with Crippen molar-refractivity contribution in [1.82, 2.24) is 15.2 Å². The van der Waals surface area contributed by atoms with Gasteiger partial charge in [0.05, 0.1) is 6.54 Å². The van der Waals surface area contributed by atoms with Gasteiger partial charge in [-0.3, -0.25) is 14.7 Å². The normalized spacial score (nSPS) is 16.8. The van der Waals surface area contributed by atoms with Crippen molar-refractivity contribution in [1.29, 1.82) is 0 Å². The molecule has 6 nitrogen and oxygen atoms in total.